The highest BCUT2D eigenvalue weighted by Crippen LogP contribution is 2.45. The van der Waals surface area contributed by atoms with Crippen LogP contribution in [0, 0.1) is 5.41 Å². The molecule has 2 aliphatic rings. The van der Waals surface area contributed by atoms with E-state index in [1.807, 2.05) is 24.0 Å². The van der Waals surface area contributed by atoms with E-state index in [2.05, 4.69) is 19.2 Å². The van der Waals surface area contributed by atoms with Crippen molar-refractivity contribution in [3.05, 3.63) is 35.4 Å². The summed E-state index contributed by atoms with van der Waals surface area (Å²) in [4.78, 5) is 38.5. The molecule has 1 heterocycles. The van der Waals surface area contributed by atoms with Crippen LogP contribution in [0.25, 0.3) is 0 Å². The number of carbonyl (C=O) groups is 3. The summed E-state index contributed by atoms with van der Waals surface area (Å²) in [6.45, 7) is 6.02. The summed E-state index contributed by atoms with van der Waals surface area (Å²) in [6.07, 6.45) is 3.10. The van der Waals surface area contributed by atoms with Crippen molar-refractivity contribution in [2.75, 3.05) is 0 Å². The number of nitrogens with two attached hydrogens (primary N) is 1. The number of likely N-dealkylation sites (tertiary alicyclic amines) is 1. The van der Waals surface area contributed by atoms with Gasteiger partial charge in [-0.25, -0.2) is 0 Å². The topological polar surface area (TPSA) is 92.5 Å². The quantitative estimate of drug-likeness (QED) is 0.791. The highest BCUT2D eigenvalue weighted by molar-refractivity contribution is 6.07. The third-order valence-electron chi connectivity index (χ3n) is 5.85. The monoisotopic (exact) mass is 357 g/mol. The summed E-state index contributed by atoms with van der Waals surface area (Å²) < 4.78 is 0. The van der Waals surface area contributed by atoms with Gasteiger partial charge in [-0.15, -0.1) is 0 Å². The van der Waals surface area contributed by atoms with Crippen LogP contribution < -0.4 is 11.1 Å². The molecule has 1 saturated heterocycles. The molecule has 1 aromatic carbocycles. The van der Waals surface area contributed by atoms with Crippen LogP contribution >= 0.6 is 0 Å². The molecule has 3 N–H and O–H groups in total. The molecule has 0 bridgehead atoms. The Morgan fingerprint density at radius 3 is 2.12 bits per heavy atom. The van der Waals surface area contributed by atoms with E-state index < -0.39 is 11.3 Å². The van der Waals surface area contributed by atoms with Gasteiger partial charge in [0.2, 0.25) is 11.8 Å². The molecule has 140 valence electrons. The van der Waals surface area contributed by atoms with E-state index in [1.54, 1.807) is 12.1 Å². The summed E-state index contributed by atoms with van der Waals surface area (Å²) in [5, 5.41) is 2.86. The summed E-state index contributed by atoms with van der Waals surface area (Å²) in [5.74, 6) is -0.814. The van der Waals surface area contributed by atoms with Gasteiger partial charge in [0, 0.05) is 17.6 Å². The first kappa shape index (κ1) is 18.4. The van der Waals surface area contributed by atoms with Crippen molar-refractivity contribution in [1.29, 1.82) is 0 Å². The lowest BCUT2D eigenvalue weighted by Crippen LogP contribution is -2.41. The fraction of sp³-hybridized carbons (Fsp3) is 0.550. The summed E-state index contributed by atoms with van der Waals surface area (Å²) in [5.41, 5.74) is 5.86. The first-order valence-corrected chi connectivity index (χ1v) is 9.30. The second-order valence-corrected chi connectivity index (χ2v) is 7.75. The summed E-state index contributed by atoms with van der Waals surface area (Å²) in [7, 11) is 0. The maximum Gasteiger partial charge on any atom is 0.254 e. The van der Waals surface area contributed by atoms with Crippen LogP contribution in [0.2, 0.25) is 0 Å². The predicted molar refractivity (Wildman–Crippen MR) is 98.2 cm³/mol. The lowest BCUT2D eigenvalue weighted by molar-refractivity contribution is -0.135. The standard InChI is InChI=1S/C20H27N3O3/c1-12-4-5-13(2)23(12)17(24)16-8-6-15(7-9-16)14(3)22-19(26)20(10-11-20)18(21)25/h6-9,12-14H,4-5,10-11H2,1-3H3,(H2,21,25)(H,22,26). The Kier molecular flexibility index (Phi) is 4.78. The van der Waals surface area contributed by atoms with Gasteiger partial charge in [0.25, 0.3) is 5.91 Å². The van der Waals surface area contributed by atoms with Crippen molar-refractivity contribution in [1.82, 2.24) is 10.2 Å². The molecule has 0 radical (unpaired) electrons. The highest BCUT2D eigenvalue weighted by Gasteiger charge is 2.55. The Balaban J connectivity index is 1.66. The van der Waals surface area contributed by atoms with Crippen LogP contribution in [0.15, 0.2) is 24.3 Å². The molecule has 3 amide bonds. The van der Waals surface area contributed by atoms with Crippen molar-refractivity contribution < 1.29 is 14.4 Å². The van der Waals surface area contributed by atoms with Gasteiger partial charge < -0.3 is 16.0 Å². The molecule has 6 nitrogen and oxygen atoms in total. The van der Waals surface area contributed by atoms with Crippen molar-refractivity contribution in [3.8, 4) is 0 Å². The molecule has 1 aliphatic heterocycles. The van der Waals surface area contributed by atoms with Gasteiger partial charge in [0.15, 0.2) is 0 Å². The van der Waals surface area contributed by atoms with Crippen molar-refractivity contribution in [2.45, 2.75) is 64.6 Å². The van der Waals surface area contributed by atoms with Crippen LogP contribution in [-0.2, 0) is 9.59 Å². The fourth-order valence-corrected chi connectivity index (χ4v) is 3.79. The second kappa shape index (κ2) is 6.74. The van der Waals surface area contributed by atoms with E-state index in [4.69, 9.17) is 5.73 Å². The zero-order valence-electron chi connectivity index (χ0n) is 15.6. The van der Waals surface area contributed by atoms with Crippen LogP contribution in [0.4, 0.5) is 0 Å². The molecule has 0 aromatic heterocycles. The highest BCUT2D eigenvalue weighted by atomic mass is 16.2. The number of hydrogen-bond donors (Lipinski definition) is 2. The Morgan fingerprint density at radius 1 is 1.12 bits per heavy atom. The number of primary amides is 1. The third-order valence-corrected chi connectivity index (χ3v) is 5.85. The van der Waals surface area contributed by atoms with Gasteiger partial charge in [-0.2, -0.15) is 0 Å². The molecule has 1 saturated carbocycles. The lowest BCUT2D eigenvalue weighted by atomic mass is 10.0. The number of amides is 3. The molecule has 3 unspecified atom stereocenters. The van der Waals surface area contributed by atoms with E-state index in [9.17, 15) is 14.4 Å². The van der Waals surface area contributed by atoms with Gasteiger partial charge in [0.1, 0.15) is 5.41 Å². The van der Waals surface area contributed by atoms with Crippen LogP contribution in [0.5, 0.6) is 0 Å². The Labute approximate surface area is 154 Å². The minimum atomic E-state index is -1.02. The Morgan fingerprint density at radius 2 is 1.65 bits per heavy atom. The maximum absolute atomic E-state index is 12.7. The second-order valence-electron chi connectivity index (χ2n) is 7.75. The van der Waals surface area contributed by atoms with E-state index in [1.165, 1.54) is 0 Å². The molecule has 6 heteroatoms. The number of benzene rings is 1. The van der Waals surface area contributed by atoms with E-state index >= 15 is 0 Å². The van der Waals surface area contributed by atoms with Crippen molar-refractivity contribution in [2.24, 2.45) is 11.1 Å². The zero-order chi connectivity index (χ0) is 19.1. The van der Waals surface area contributed by atoms with Gasteiger partial charge in [-0.1, -0.05) is 12.1 Å². The van der Waals surface area contributed by atoms with E-state index in [-0.39, 0.29) is 29.9 Å². The summed E-state index contributed by atoms with van der Waals surface area (Å²) in [6, 6.07) is 7.59. The van der Waals surface area contributed by atoms with Gasteiger partial charge in [-0.05, 0) is 64.2 Å². The zero-order valence-corrected chi connectivity index (χ0v) is 15.6. The normalized spacial score (nSPS) is 24.8. The molecule has 26 heavy (non-hydrogen) atoms. The summed E-state index contributed by atoms with van der Waals surface area (Å²) >= 11 is 0. The molecule has 3 atom stereocenters. The SMILES string of the molecule is CC(NC(=O)C1(C(N)=O)CC1)c1ccc(C(=O)N2C(C)CCC2C)cc1. The predicted octanol–water partition coefficient (Wildman–Crippen LogP) is 2.14. The number of carbonyl (C=O) groups excluding carboxylic acids is 3. The molecule has 3 rings (SSSR count). The number of rotatable bonds is 5. The molecular weight excluding hydrogens is 330 g/mol. The van der Waals surface area contributed by atoms with E-state index in [0.717, 1.165) is 18.4 Å². The molecule has 2 fully saturated rings. The van der Waals surface area contributed by atoms with Crippen molar-refractivity contribution in [3.63, 3.8) is 0 Å². The van der Waals surface area contributed by atoms with E-state index in [0.29, 0.717) is 18.4 Å². The molecule has 0 spiro atoms. The Hall–Kier alpha value is -2.37. The molecule has 1 aliphatic carbocycles. The minimum Gasteiger partial charge on any atom is -0.369 e. The van der Waals surface area contributed by atoms with Gasteiger partial charge in [-0.3, -0.25) is 14.4 Å². The van der Waals surface area contributed by atoms with Crippen LogP contribution in [0.1, 0.15) is 68.4 Å². The first-order valence-electron chi connectivity index (χ1n) is 9.30. The fourth-order valence-electron chi connectivity index (χ4n) is 3.79. The van der Waals surface area contributed by atoms with Crippen molar-refractivity contribution >= 4 is 17.7 Å². The van der Waals surface area contributed by atoms with Crippen LogP contribution in [-0.4, -0.2) is 34.7 Å². The maximum atomic E-state index is 12.7. The average Bonchev–Trinajstić information content (AvgIpc) is 3.36. The lowest BCUT2D eigenvalue weighted by Gasteiger charge is -2.26. The molecule has 1 aromatic rings. The Bertz CT molecular complexity index is 714. The smallest absolute Gasteiger partial charge is 0.254 e. The number of nitrogens with zero attached hydrogens (tertiary/aromatic N) is 1. The van der Waals surface area contributed by atoms with Gasteiger partial charge >= 0.3 is 0 Å². The molecular formula is C20H27N3O3. The number of hydrogen-bond acceptors (Lipinski definition) is 3. The third kappa shape index (κ3) is 3.20. The average molecular weight is 357 g/mol. The minimum absolute atomic E-state index is 0.0522. The largest absolute Gasteiger partial charge is 0.369 e. The first-order chi connectivity index (χ1) is 12.3. The van der Waals surface area contributed by atoms with Crippen LogP contribution in [0.3, 0.4) is 0 Å². The van der Waals surface area contributed by atoms with Gasteiger partial charge in [0.05, 0.1) is 6.04 Å². The number of nitrogens with one attached hydrogen (secondary N) is 1.